The molecule has 2 rings (SSSR count). The van der Waals surface area contributed by atoms with Crippen molar-refractivity contribution in [2.45, 2.75) is 19.9 Å². The van der Waals surface area contributed by atoms with Crippen molar-refractivity contribution in [3.63, 3.8) is 0 Å². The monoisotopic (exact) mass is 272 g/mol. The Hall–Kier alpha value is -2.43. The topological polar surface area (TPSA) is 61.2 Å². The Balaban J connectivity index is 2.52. The van der Waals surface area contributed by atoms with Gasteiger partial charge in [-0.05, 0) is 25.5 Å². The second-order valence-electron chi connectivity index (χ2n) is 4.52. The van der Waals surface area contributed by atoms with E-state index in [2.05, 4.69) is 9.84 Å². The molecule has 0 fully saturated rings. The quantitative estimate of drug-likeness (QED) is 0.801. The van der Waals surface area contributed by atoms with Gasteiger partial charge in [0, 0.05) is 11.6 Å². The van der Waals surface area contributed by atoms with Crippen molar-refractivity contribution in [1.82, 2.24) is 9.78 Å². The molecule has 1 aromatic carbocycles. The molecule has 0 amide bonds. The summed E-state index contributed by atoms with van der Waals surface area (Å²) in [5.41, 5.74) is 2.30. The van der Waals surface area contributed by atoms with E-state index in [4.69, 9.17) is 0 Å². The summed E-state index contributed by atoms with van der Waals surface area (Å²) < 4.78 is 5.80. The first-order chi connectivity index (χ1) is 9.54. The molecule has 1 heterocycles. The van der Waals surface area contributed by atoms with E-state index >= 15 is 0 Å². The smallest absolute Gasteiger partial charge is 0.330 e. The Bertz CT molecular complexity index is 692. The largest absolute Gasteiger partial charge is 0.467 e. The summed E-state index contributed by atoms with van der Waals surface area (Å²) >= 11 is 0. The van der Waals surface area contributed by atoms with Crippen molar-refractivity contribution >= 4 is 5.97 Å². The lowest BCUT2D eigenvalue weighted by molar-refractivity contribution is -0.144. The molecule has 5 heteroatoms. The summed E-state index contributed by atoms with van der Waals surface area (Å²) in [6.07, 6.45) is 0. The fraction of sp³-hybridized carbons (Fsp3) is 0.267. The van der Waals surface area contributed by atoms with Gasteiger partial charge in [-0.2, -0.15) is 5.10 Å². The third-order valence-corrected chi connectivity index (χ3v) is 3.16. The highest BCUT2D eigenvalue weighted by molar-refractivity contribution is 5.73. The van der Waals surface area contributed by atoms with E-state index < -0.39 is 12.0 Å². The van der Waals surface area contributed by atoms with Crippen molar-refractivity contribution in [3.05, 3.63) is 52.3 Å². The SMILES string of the molecule is COC(=O)[C@H](C)n1nc(-c2ccccc2C)ccc1=O. The third-order valence-electron chi connectivity index (χ3n) is 3.16. The molecule has 0 unspecified atom stereocenters. The van der Waals surface area contributed by atoms with Crippen molar-refractivity contribution in [3.8, 4) is 11.3 Å². The molecule has 0 aliphatic carbocycles. The van der Waals surface area contributed by atoms with Gasteiger partial charge in [0.15, 0.2) is 6.04 Å². The summed E-state index contributed by atoms with van der Waals surface area (Å²) in [6, 6.07) is 10.1. The predicted molar refractivity (Wildman–Crippen MR) is 75.4 cm³/mol. The Morgan fingerprint density at radius 1 is 1.25 bits per heavy atom. The van der Waals surface area contributed by atoms with Gasteiger partial charge in [-0.1, -0.05) is 24.3 Å². The highest BCUT2D eigenvalue weighted by atomic mass is 16.5. The van der Waals surface area contributed by atoms with Crippen LogP contribution in [0.5, 0.6) is 0 Å². The first kappa shape index (κ1) is 14.0. The molecule has 2 aromatic rings. The zero-order valence-electron chi connectivity index (χ0n) is 11.7. The van der Waals surface area contributed by atoms with Crippen LogP contribution in [0.25, 0.3) is 11.3 Å². The molecule has 0 aliphatic rings. The average Bonchev–Trinajstić information content (AvgIpc) is 2.47. The first-order valence-corrected chi connectivity index (χ1v) is 6.28. The molecule has 0 N–H and O–H groups in total. The van der Waals surface area contributed by atoms with Gasteiger partial charge in [0.25, 0.3) is 5.56 Å². The molecule has 20 heavy (non-hydrogen) atoms. The minimum atomic E-state index is -0.753. The Morgan fingerprint density at radius 3 is 2.60 bits per heavy atom. The van der Waals surface area contributed by atoms with Crippen LogP contribution < -0.4 is 5.56 Å². The number of esters is 1. The van der Waals surface area contributed by atoms with Crippen molar-refractivity contribution < 1.29 is 9.53 Å². The van der Waals surface area contributed by atoms with Crippen LogP contribution in [0, 0.1) is 6.92 Å². The summed E-state index contributed by atoms with van der Waals surface area (Å²) in [5, 5.41) is 4.28. The second kappa shape index (κ2) is 5.69. The Morgan fingerprint density at radius 2 is 1.95 bits per heavy atom. The number of carbonyl (C=O) groups is 1. The minimum Gasteiger partial charge on any atom is -0.467 e. The lowest BCUT2D eigenvalue weighted by Gasteiger charge is -2.13. The molecule has 104 valence electrons. The summed E-state index contributed by atoms with van der Waals surface area (Å²) in [7, 11) is 1.29. The molecule has 0 aliphatic heterocycles. The number of ether oxygens (including phenoxy) is 1. The number of hydrogen-bond donors (Lipinski definition) is 0. The van der Waals surface area contributed by atoms with Crippen LogP contribution in [-0.4, -0.2) is 22.9 Å². The molecule has 0 bridgehead atoms. The van der Waals surface area contributed by atoms with E-state index in [1.807, 2.05) is 31.2 Å². The zero-order valence-corrected chi connectivity index (χ0v) is 11.7. The molecule has 0 saturated heterocycles. The fourth-order valence-corrected chi connectivity index (χ4v) is 1.98. The van der Waals surface area contributed by atoms with Crippen LogP contribution in [-0.2, 0) is 9.53 Å². The van der Waals surface area contributed by atoms with Crippen LogP contribution in [0.2, 0.25) is 0 Å². The van der Waals surface area contributed by atoms with Crippen molar-refractivity contribution in [1.29, 1.82) is 0 Å². The Kier molecular flexibility index (Phi) is 3.98. The molecular formula is C15H16N2O3. The number of methoxy groups -OCH3 is 1. The standard InChI is InChI=1S/C15H16N2O3/c1-10-6-4-5-7-12(10)13-8-9-14(18)17(16-13)11(2)15(19)20-3/h4-9,11H,1-3H3/t11-/m0/s1. The highest BCUT2D eigenvalue weighted by Gasteiger charge is 2.18. The molecule has 1 atom stereocenters. The van der Waals surface area contributed by atoms with Gasteiger partial charge in [-0.25, -0.2) is 9.48 Å². The number of aromatic nitrogens is 2. The van der Waals surface area contributed by atoms with Crippen molar-refractivity contribution in [2.24, 2.45) is 0 Å². The van der Waals surface area contributed by atoms with E-state index in [0.717, 1.165) is 15.8 Å². The molecular weight excluding hydrogens is 256 g/mol. The van der Waals surface area contributed by atoms with Crippen molar-refractivity contribution in [2.75, 3.05) is 7.11 Å². The highest BCUT2D eigenvalue weighted by Crippen LogP contribution is 2.20. The molecule has 0 spiro atoms. The van der Waals surface area contributed by atoms with Gasteiger partial charge in [0.1, 0.15) is 0 Å². The number of hydrogen-bond acceptors (Lipinski definition) is 4. The van der Waals surface area contributed by atoms with Crippen LogP contribution in [0.3, 0.4) is 0 Å². The number of nitrogens with zero attached hydrogens (tertiary/aromatic N) is 2. The van der Waals surface area contributed by atoms with Gasteiger partial charge in [-0.15, -0.1) is 0 Å². The molecule has 1 aromatic heterocycles. The first-order valence-electron chi connectivity index (χ1n) is 6.28. The van der Waals surface area contributed by atoms with Crippen LogP contribution in [0.15, 0.2) is 41.2 Å². The lowest BCUT2D eigenvalue weighted by atomic mass is 10.1. The molecule has 5 nitrogen and oxygen atoms in total. The molecule has 0 radical (unpaired) electrons. The average molecular weight is 272 g/mol. The van der Waals surface area contributed by atoms with Gasteiger partial charge >= 0.3 is 5.97 Å². The van der Waals surface area contributed by atoms with Gasteiger partial charge in [0.05, 0.1) is 12.8 Å². The third kappa shape index (κ3) is 2.61. The second-order valence-corrected chi connectivity index (χ2v) is 4.52. The summed E-state index contributed by atoms with van der Waals surface area (Å²) in [4.78, 5) is 23.4. The maximum Gasteiger partial charge on any atom is 0.330 e. The Labute approximate surface area is 116 Å². The summed E-state index contributed by atoms with van der Waals surface area (Å²) in [5.74, 6) is -0.499. The maximum absolute atomic E-state index is 11.8. The number of rotatable bonds is 3. The van der Waals surface area contributed by atoms with E-state index in [1.165, 1.54) is 13.2 Å². The summed E-state index contributed by atoms with van der Waals surface area (Å²) in [6.45, 7) is 3.55. The molecule has 0 saturated carbocycles. The van der Waals surface area contributed by atoms with Gasteiger partial charge in [0.2, 0.25) is 0 Å². The van der Waals surface area contributed by atoms with E-state index in [0.29, 0.717) is 5.69 Å². The number of carbonyl (C=O) groups excluding carboxylic acids is 1. The minimum absolute atomic E-state index is 0.333. The number of benzene rings is 1. The van der Waals surface area contributed by atoms with E-state index in [-0.39, 0.29) is 5.56 Å². The van der Waals surface area contributed by atoms with Gasteiger partial charge in [-0.3, -0.25) is 4.79 Å². The normalized spacial score (nSPS) is 11.9. The van der Waals surface area contributed by atoms with Crippen LogP contribution >= 0.6 is 0 Å². The zero-order chi connectivity index (χ0) is 14.7. The maximum atomic E-state index is 11.8. The van der Waals surface area contributed by atoms with E-state index in [1.54, 1.807) is 13.0 Å². The lowest BCUT2D eigenvalue weighted by Crippen LogP contribution is -2.30. The predicted octanol–water partition coefficient (Wildman–Crippen LogP) is 1.95. The van der Waals surface area contributed by atoms with E-state index in [9.17, 15) is 9.59 Å². The number of aryl methyl sites for hydroxylation is 1. The van der Waals surface area contributed by atoms with Crippen LogP contribution in [0.4, 0.5) is 0 Å². The fourth-order valence-electron chi connectivity index (χ4n) is 1.98. The van der Waals surface area contributed by atoms with Crippen LogP contribution in [0.1, 0.15) is 18.5 Å². The van der Waals surface area contributed by atoms with Gasteiger partial charge < -0.3 is 4.74 Å².